The lowest BCUT2D eigenvalue weighted by Gasteiger charge is -2.05. The highest BCUT2D eigenvalue weighted by Gasteiger charge is 2.15. The predicted molar refractivity (Wildman–Crippen MR) is 125 cm³/mol. The Hall–Kier alpha value is -2.11. The van der Waals surface area contributed by atoms with Gasteiger partial charge in [0.25, 0.3) is 0 Å². The fourth-order valence-electron chi connectivity index (χ4n) is 3.51. The van der Waals surface area contributed by atoms with Crippen LogP contribution in [0, 0.1) is 3.57 Å². The van der Waals surface area contributed by atoms with Crippen molar-refractivity contribution < 1.29 is 4.42 Å². The Kier molecular flexibility index (Phi) is 4.29. The third-order valence-electron chi connectivity index (χ3n) is 4.86. The molecule has 3 heteroatoms. The van der Waals surface area contributed by atoms with Crippen molar-refractivity contribution in [3.8, 4) is 22.3 Å². The van der Waals surface area contributed by atoms with Crippen LogP contribution in [0.4, 0.5) is 0 Å². The molecule has 1 aromatic heterocycles. The smallest absolute Gasteiger partial charge is 0.149 e. The number of fused-ring (bicyclic) bond motifs is 3. The summed E-state index contributed by atoms with van der Waals surface area (Å²) in [4.78, 5) is 0. The quantitative estimate of drug-likeness (QED) is 0.212. The number of hydrogen-bond donors (Lipinski definition) is 0. The van der Waals surface area contributed by atoms with Crippen molar-refractivity contribution in [1.29, 1.82) is 0 Å². The van der Waals surface area contributed by atoms with Crippen molar-refractivity contribution in [2.45, 2.75) is 0 Å². The Bertz CT molecular complexity index is 1270. The second-order valence-electron chi connectivity index (χ2n) is 6.47. The molecule has 5 rings (SSSR count). The lowest BCUT2D eigenvalue weighted by molar-refractivity contribution is 0.667. The average Bonchev–Trinajstić information content (AvgIpc) is 3.11. The van der Waals surface area contributed by atoms with Crippen molar-refractivity contribution in [1.82, 2.24) is 0 Å². The van der Waals surface area contributed by atoms with Crippen LogP contribution in [-0.4, -0.2) is 0 Å². The van der Waals surface area contributed by atoms with E-state index in [2.05, 4.69) is 117 Å². The van der Waals surface area contributed by atoms with E-state index in [0.29, 0.717) is 0 Å². The van der Waals surface area contributed by atoms with Gasteiger partial charge in [0.05, 0.1) is 3.57 Å². The largest absolute Gasteiger partial charge is 0.454 e. The maximum atomic E-state index is 6.33. The van der Waals surface area contributed by atoms with E-state index in [-0.39, 0.29) is 0 Å². The Morgan fingerprint density at radius 3 is 2.04 bits per heavy atom. The van der Waals surface area contributed by atoms with Crippen LogP contribution in [0.15, 0.2) is 93.8 Å². The van der Waals surface area contributed by atoms with Gasteiger partial charge >= 0.3 is 0 Å². The molecule has 130 valence electrons. The summed E-state index contributed by atoms with van der Waals surface area (Å²) in [5.74, 6) is 0. The summed E-state index contributed by atoms with van der Waals surface area (Å²) in [5, 5.41) is 2.31. The molecule has 0 atom stereocenters. The molecule has 0 saturated heterocycles. The number of para-hydroxylation sites is 1. The molecule has 0 aliphatic heterocycles. The van der Waals surface area contributed by atoms with Gasteiger partial charge in [-0.25, -0.2) is 0 Å². The number of halogens is 2. The molecule has 0 amide bonds. The Morgan fingerprint density at radius 2 is 1.26 bits per heavy atom. The molecule has 4 aromatic carbocycles. The minimum absolute atomic E-state index is 0.938. The molecule has 1 nitrogen and oxygen atoms in total. The molecule has 0 N–H and O–H groups in total. The van der Waals surface area contributed by atoms with Crippen LogP contribution in [-0.2, 0) is 0 Å². The van der Waals surface area contributed by atoms with Gasteiger partial charge in [-0.05, 0) is 67.3 Å². The number of rotatable bonds is 2. The molecule has 0 spiro atoms. The van der Waals surface area contributed by atoms with E-state index >= 15 is 0 Å². The third kappa shape index (κ3) is 2.89. The lowest BCUT2D eigenvalue weighted by atomic mass is 9.99. The van der Waals surface area contributed by atoms with Crippen LogP contribution in [0.2, 0.25) is 0 Å². The van der Waals surface area contributed by atoms with Gasteiger partial charge in [-0.2, -0.15) is 0 Å². The predicted octanol–water partition coefficient (Wildman–Crippen LogP) is 8.29. The highest BCUT2D eigenvalue weighted by molar-refractivity contribution is 14.1. The second kappa shape index (κ2) is 6.80. The van der Waals surface area contributed by atoms with Gasteiger partial charge in [0, 0.05) is 20.8 Å². The monoisotopic (exact) mass is 524 g/mol. The van der Waals surface area contributed by atoms with Crippen LogP contribution in [0.1, 0.15) is 0 Å². The minimum atomic E-state index is 0.938. The zero-order valence-electron chi connectivity index (χ0n) is 14.2. The van der Waals surface area contributed by atoms with Crippen LogP contribution in [0.25, 0.3) is 44.2 Å². The second-order valence-corrected chi connectivity index (χ2v) is 8.40. The topological polar surface area (TPSA) is 13.1 Å². The summed E-state index contributed by atoms with van der Waals surface area (Å²) in [6.45, 7) is 0. The molecular weight excluding hydrogens is 511 g/mol. The summed E-state index contributed by atoms with van der Waals surface area (Å²) in [6.07, 6.45) is 0. The first-order valence-corrected chi connectivity index (χ1v) is 10.5. The van der Waals surface area contributed by atoms with Gasteiger partial charge in [-0.1, -0.05) is 72.8 Å². The average molecular weight is 525 g/mol. The summed E-state index contributed by atoms with van der Waals surface area (Å²) in [5.41, 5.74) is 6.60. The molecule has 0 unspecified atom stereocenters. The van der Waals surface area contributed by atoms with E-state index in [1.807, 2.05) is 6.07 Å². The third-order valence-corrected chi connectivity index (χ3v) is 7.34. The zero-order chi connectivity index (χ0) is 18.4. The van der Waals surface area contributed by atoms with E-state index < -0.39 is 0 Å². The molecule has 0 aliphatic carbocycles. The maximum absolute atomic E-state index is 6.33. The Labute approximate surface area is 179 Å². The Morgan fingerprint density at radius 1 is 0.593 bits per heavy atom. The molecule has 0 aliphatic rings. The van der Waals surface area contributed by atoms with Crippen molar-refractivity contribution in [3.05, 3.63) is 93.0 Å². The standard InChI is InChI=1S/C24H14BrIO/c25-21-14-13-20-19-8-4-7-18(23(19)27-24(20)22(21)26)17-11-9-16(10-12-17)15-5-2-1-3-6-15/h1-14H. The Balaban J connectivity index is 1.68. The van der Waals surface area contributed by atoms with Crippen LogP contribution < -0.4 is 0 Å². The number of benzene rings is 4. The van der Waals surface area contributed by atoms with Crippen molar-refractivity contribution in [3.63, 3.8) is 0 Å². The van der Waals surface area contributed by atoms with Gasteiger partial charge < -0.3 is 4.42 Å². The first kappa shape index (κ1) is 17.0. The lowest BCUT2D eigenvalue weighted by Crippen LogP contribution is -1.81. The van der Waals surface area contributed by atoms with Crippen LogP contribution >= 0.6 is 38.5 Å². The van der Waals surface area contributed by atoms with Gasteiger partial charge in [0.2, 0.25) is 0 Å². The fourth-order valence-corrected chi connectivity index (χ4v) is 4.40. The van der Waals surface area contributed by atoms with Crippen molar-refractivity contribution in [2.75, 3.05) is 0 Å². The van der Waals surface area contributed by atoms with E-state index in [1.165, 1.54) is 11.1 Å². The van der Waals surface area contributed by atoms with Gasteiger partial charge in [-0.15, -0.1) is 0 Å². The van der Waals surface area contributed by atoms with E-state index in [0.717, 1.165) is 41.1 Å². The fraction of sp³-hybridized carbons (Fsp3) is 0. The molecule has 0 bridgehead atoms. The van der Waals surface area contributed by atoms with Gasteiger partial charge in [-0.3, -0.25) is 0 Å². The molecular formula is C24H14BrIO. The van der Waals surface area contributed by atoms with Crippen molar-refractivity contribution in [2.24, 2.45) is 0 Å². The number of hydrogen-bond acceptors (Lipinski definition) is 1. The van der Waals surface area contributed by atoms with Crippen LogP contribution in [0.5, 0.6) is 0 Å². The summed E-state index contributed by atoms with van der Waals surface area (Å²) in [6, 6.07) is 29.7. The van der Waals surface area contributed by atoms with Crippen molar-refractivity contribution >= 4 is 60.5 Å². The summed E-state index contributed by atoms with van der Waals surface area (Å²) >= 11 is 5.93. The highest BCUT2D eigenvalue weighted by atomic mass is 127. The highest BCUT2D eigenvalue weighted by Crippen LogP contribution is 2.39. The van der Waals surface area contributed by atoms with E-state index in [4.69, 9.17) is 4.42 Å². The normalized spacial score (nSPS) is 11.3. The molecule has 0 radical (unpaired) electrons. The van der Waals surface area contributed by atoms with E-state index in [9.17, 15) is 0 Å². The first-order chi connectivity index (χ1) is 13.2. The summed E-state index contributed by atoms with van der Waals surface area (Å²) < 4.78 is 8.49. The molecule has 0 saturated carbocycles. The first-order valence-electron chi connectivity index (χ1n) is 8.67. The van der Waals surface area contributed by atoms with E-state index in [1.54, 1.807) is 0 Å². The summed E-state index contributed by atoms with van der Waals surface area (Å²) in [7, 11) is 0. The van der Waals surface area contributed by atoms with Crippen LogP contribution in [0.3, 0.4) is 0 Å². The van der Waals surface area contributed by atoms with Gasteiger partial charge in [0.1, 0.15) is 11.2 Å². The zero-order valence-corrected chi connectivity index (χ0v) is 18.0. The SMILES string of the molecule is Brc1ccc2c(oc3c(-c4ccc(-c5ccccc5)cc4)cccc32)c1I. The maximum Gasteiger partial charge on any atom is 0.149 e. The number of furan rings is 1. The molecule has 0 fully saturated rings. The minimum Gasteiger partial charge on any atom is -0.454 e. The molecule has 5 aromatic rings. The molecule has 1 heterocycles. The van der Waals surface area contributed by atoms with Gasteiger partial charge in [0.15, 0.2) is 0 Å². The molecule has 27 heavy (non-hydrogen) atoms.